The molecule has 0 aliphatic carbocycles. The molecule has 0 radical (unpaired) electrons. The predicted octanol–water partition coefficient (Wildman–Crippen LogP) is 4.79. The number of nitrogens with one attached hydrogen (secondary N) is 1. The van der Waals surface area contributed by atoms with Gasteiger partial charge in [-0.1, -0.05) is 36.2 Å². The first-order valence-electron chi connectivity index (χ1n) is 5.78. The molecule has 0 aliphatic heterocycles. The lowest BCUT2D eigenvalue weighted by Crippen LogP contribution is -2.32. The Hall–Kier alpha value is 0.110. The maximum atomic E-state index is 6.03. The molecule has 2 unspecified atom stereocenters. The zero-order chi connectivity index (χ0) is 12.8. The van der Waals surface area contributed by atoms with Crippen LogP contribution in [0.5, 0.6) is 0 Å². The van der Waals surface area contributed by atoms with Gasteiger partial charge in [0.05, 0.1) is 10.0 Å². The second-order valence-electron chi connectivity index (χ2n) is 4.12. The van der Waals surface area contributed by atoms with E-state index in [0.29, 0.717) is 22.1 Å². The summed E-state index contributed by atoms with van der Waals surface area (Å²) in [7, 11) is 0. The van der Waals surface area contributed by atoms with Crippen molar-refractivity contribution in [3.63, 3.8) is 0 Å². The topological polar surface area (TPSA) is 12.0 Å². The second-order valence-corrected chi connectivity index (χ2v) is 5.85. The van der Waals surface area contributed by atoms with Crippen LogP contribution in [0, 0.1) is 0 Å². The van der Waals surface area contributed by atoms with Gasteiger partial charge in [0, 0.05) is 17.8 Å². The predicted molar refractivity (Wildman–Crippen MR) is 80.5 cm³/mol. The zero-order valence-corrected chi connectivity index (χ0v) is 12.8. The van der Waals surface area contributed by atoms with E-state index in [0.717, 1.165) is 12.2 Å². The third kappa shape index (κ3) is 4.70. The molecule has 0 aliphatic rings. The van der Waals surface area contributed by atoms with E-state index in [4.69, 9.17) is 23.2 Å². The monoisotopic (exact) mass is 291 g/mol. The van der Waals surface area contributed by atoms with Gasteiger partial charge < -0.3 is 5.32 Å². The van der Waals surface area contributed by atoms with Crippen molar-refractivity contribution in [2.24, 2.45) is 0 Å². The fourth-order valence-electron chi connectivity index (χ4n) is 1.72. The molecule has 0 bridgehead atoms. The van der Waals surface area contributed by atoms with E-state index in [1.54, 1.807) is 0 Å². The van der Waals surface area contributed by atoms with Crippen LogP contribution in [0.2, 0.25) is 10.0 Å². The number of hydrogen-bond acceptors (Lipinski definition) is 2. The fourth-order valence-corrected chi connectivity index (χ4v) is 2.76. The van der Waals surface area contributed by atoms with Gasteiger partial charge in [0.2, 0.25) is 0 Å². The average molecular weight is 292 g/mol. The maximum absolute atomic E-state index is 6.03. The second kappa shape index (κ2) is 7.52. The highest BCUT2D eigenvalue weighted by molar-refractivity contribution is 7.98. The number of halogens is 2. The molecule has 0 fully saturated rings. The van der Waals surface area contributed by atoms with Crippen LogP contribution in [0.3, 0.4) is 0 Å². The Labute approximate surface area is 118 Å². The summed E-state index contributed by atoms with van der Waals surface area (Å²) in [6.07, 6.45) is 3.26. The minimum atomic E-state index is 0.293. The van der Waals surface area contributed by atoms with Crippen molar-refractivity contribution in [1.29, 1.82) is 0 Å². The van der Waals surface area contributed by atoms with Gasteiger partial charge in [-0.2, -0.15) is 11.8 Å². The number of benzene rings is 1. The average Bonchev–Trinajstić information content (AvgIpc) is 2.31. The van der Waals surface area contributed by atoms with Gasteiger partial charge in [-0.3, -0.25) is 0 Å². The highest BCUT2D eigenvalue weighted by Crippen LogP contribution is 2.25. The minimum Gasteiger partial charge on any atom is -0.307 e. The lowest BCUT2D eigenvalue weighted by molar-refractivity contribution is 0.475. The summed E-state index contributed by atoms with van der Waals surface area (Å²) in [5.74, 6) is 1.13. The molecule has 0 heterocycles. The van der Waals surface area contributed by atoms with Crippen LogP contribution in [0.4, 0.5) is 0 Å². The Morgan fingerprint density at radius 1 is 1.29 bits per heavy atom. The van der Waals surface area contributed by atoms with Crippen LogP contribution in [0.25, 0.3) is 0 Å². The first-order chi connectivity index (χ1) is 8.08. The van der Waals surface area contributed by atoms with Crippen molar-refractivity contribution in [3.05, 3.63) is 33.8 Å². The summed E-state index contributed by atoms with van der Waals surface area (Å²) in [6, 6.07) is 6.65. The van der Waals surface area contributed by atoms with Crippen LogP contribution in [0.15, 0.2) is 18.2 Å². The molecular weight excluding hydrogens is 273 g/mol. The van der Waals surface area contributed by atoms with Crippen molar-refractivity contribution in [2.75, 3.05) is 12.0 Å². The Balaban J connectivity index is 2.68. The molecule has 0 saturated carbocycles. The van der Waals surface area contributed by atoms with Gasteiger partial charge in [-0.15, -0.1) is 0 Å². The summed E-state index contributed by atoms with van der Waals surface area (Å²) >= 11 is 13.8. The third-order valence-electron chi connectivity index (χ3n) is 2.79. The molecule has 1 nitrogen and oxygen atoms in total. The first kappa shape index (κ1) is 15.2. The van der Waals surface area contributed by atoms with Gasteiger partial charge in [0.25, 0.3) is 0 Å². The van der Waals surface area contributed by atoms with Crippen LogP contribution < -0.4 is 5.32 Å². The van der Waals surface area contributed by atoms with Crippen molar-refractivity contribution >= 4 is 35.0 Å². The Kier molecular flexibility index (Phi) is 6.71. The molecule has 0 spiro atoms. The van der Waals surface area contributed by atoms with E-state index in [1.807, 2.05) is 30.0 Å². The Morgan fingerprint density at radius 3 is 2.53 bits per heavy atom. The molecule has 1 aromatic carbocycles. The summed E-state index contributed by atoms with van der Waals surface area (Å²) in [5.41, 5.74) is 1.18. The summed E-state index contributed by atoms with van der Waals surface area (Å²) in [5, 5.41) is 4.84. The first-order valence-corrected chi connectivity index (χ1v) is 7.93. The largest absolute Gasteiger partial charge is 0.307 e. The van der Waals surface area contributed by atoms with Crippen molar-refractivity contribution in [2.45, 2.75) is 32.4 Å². The number of rotatable bonds is 6. The molecule has 1 aromatic rings. The zero-order valence-electron chi connectivity index (χ0n) is 10.5. The maximum Gasteiger partial charge on any atom is 0.0595 e. The van der Waals surface area contributed by atoms with E-state index in [-0.39, 0.29) is 0 Å². The molecule has 4 heteroatoms. The number of thioether (sulfide) groups is 1. The van der Waals surface area contributed by atoms with E-state index >= 15 is 0 Å². The van der Waals surface area contributed by atoms with Crippen LogP contribution in [-0.2, 0) is 0 Å². The van der Waals surface area contributed by atoms with Crippen LogP contribution in [-0.4, -0.2) is 18.1 Å². The Bertz CT molecular complexity index is 357. The molecule has 96 valence electrons. The van der Waals surface area contributed by atoms with E-state index < -0.39 is 0 Å². The lowest BCUT2D eigenvalue weighted by Gasteiger charge is -2.22. The van der Waals surface area contributed by atoms with Crippen molar-refractivity contribution in [3.8, 4) is 0 Å². The standard InChI is InChI=1S/C13H19Cl2NS/c1-4-11(8-17-3)16-9(2)10-5-6-12(14)13(15)7-10/h5-7,9,11,16H,4,8H2,1-3H3. The molecule has 2 atom stereocenters. The molecule has 1 N–H and O–H groups in total. The smallest absolute Gasteiger partial charge is 0.0595 e. The lowest BCUT2D eigenvalue weighted by atomic mass is 10.1. The van der Waals surface area contributed by atoms with Crippen LogP contribution >= 0.6 is 35.0 Å². The molecule has 17 heavy (non-hydrogen) atoms. The quantitative estimate of drug-likeness (QED) is 0.809. The molecule has 0 aromatic heterocycles. The Morgan fingerprint density at radius 2 is 2.00 bits per heavy atom. The van der Waals surface area contributed by atoms with Gasteiger partial charge in [-0.25, -0.2) is 0 Å². The van der Waals surface area contributed by atoms with Crippen molar-refractivity contribution in [1.82, 2.24) is 5.32 Å². The normalized spacial score (nSPS) is 14.6. The van der Waals surface area contributed by atoms with Crippen LogP contribution in [0.1, 0.15) is 31.9 Å². The van der Waals surface area contributed by atoms with Crippen molar-refractivity contribution < 1.29 is 0 Å². The fraction of sp³-hybridized carbons (Fsp3) is 0.538. The van der Waals surface area contributed by atoms with Gasteiger partial charge in [-0.05, 0) is 37.3 Å². The molecular formula is C13H19Cl2NS. The van der Waals surface area contributed by atoms with E-state index in [2.05, 4.69) is 25.4 Å². The highest BCUT2D eigenvalue weighted by atomic mass is 35.5. The third-order valence-corrected chi connectivity index (χ3v) is 4.26. The summed E-state index contributed by atoms with van der Waals surface area (Å²) < 4.78 is 0. The summed E-state index contributed by atoms with van der Waals surface area (Å²) in [4.78, 5) is 0. The summed E-state index contributed by atoms with van der Waals surface area (Å²) in [6.45, 7) is 4.36. The van der Waals surface area contributed by atoms with Gasteiger partial charge >= 0.3 is 0 Å². The SMILES string of the molecule is CCC(CSC)NC(C)c1ccc(Cl)c(Cl)c1. The van der Waals surface area contributed by atoms with Gasteiger partial charge in [0.1, 0.15) is 0 Å². The minimum absolute atomic E-state index is 0.293. The van der Waals surface area contributed by atoms with Gasteiger partial charge in [0.15, 0.2) is 0 Å². The van der Waals surface area contributed by atoms with E-state index in [1.165, 1.54) is 5.56 Å². The highest BCUT2D eigenvalue weighted by Gasteiger charge is 2.12. The number of hydrogen-bond donors (Lipinski definition) is 1. The molecule has 0 amide bonds. The van der Waals surface area contributed by atoms with E-state index in [9.17, 15) is 0 Å². The molecule has 0 saturated heterocycles. The molecule has 1 rings (SSSR count).